The lowest BCUT2D eigenvalue weighted by atomic mass is 9.97. The van der Waals surface area contributed by atoms with E-state index in [0.717, 1.165) is 17.6 Å². The van der Waals surface area contributed by atoms with E-state index in [4.69, 9.17) is 0 Å². The van der Waals surface area contributed by atoms with Crippen LogP contribution in [0.15, 0.2) is 30.0 Å². The maximum absolute atomic E-state index is 12.1. The number of amides is 1. The van der Waals surface area contributed by atoms with Crippen LogP contribution in [0.1, 0.15) is 36.2 Å². The van der Waals surface area contributed by atoms with Crippen LogP contribution in [0.3, 0.4) is 0 Å². The van der Waals surface area contributed by atoms with E-state index in [1.165, 1.54) is 0 Å². The van der Waals surface area contributed by atoms with Crippen molar-refractivity contribution in [3.05, 3.63) is 41.1 Å². The van der Waals surface area contributed by atoms with Crippen molar-refractivity contribution in [3.63, 3.8) is 0 Å². The highest BCUT2D eigenvalue weighted by Gasteiger charge is 2.29. The number of rotatable bonds is 4. The summed E-state index contributed by atoms with van der Waals surface area (Å²) in [6.45, 7) is 4.19. The zero-order chi connectivity index (χ0) is 12.4. The van der Waals surface area contributed by atoms with Crippen molar-refractivity contribution in [2.24, 2.45) is 5.92 Å². The minimum atomic E-state index is -0.0802. The van der Waals surface area contributed by atoms with Gasteiger partial charge in [0.2, 0.25) is 12.2 Å². The molecule has 17 heavy (non-hydrogen) atoms. The maximum atomic E-state index is 12.1. The molecule has 3 nitrogen and oxygen atoms in total. The molecule has 2 rings (SSSR count). The fraction of sp³-hybridized carbons (Fsp3) is 0.286. The molecule has 0 radical (unpaired) electrons. The molecule has 0 atom stereocenters. The standard InChI is InChI=1S/C14H15NO2/c1-9(2)7-12-10-5-3-4-6-11(10)14(17)13(12)15-8-16/h3-6,8-9H,7H2,1-2H3,(H,15,16,17). The molecule has 0 unspecified atom stereocenters. The summed E-state index contributed by atoms with van der Waals surface area (Å²) in [6.07, 6.45) is 1.36. The Kier molecular flexibility index (Phi) is 3.09. The first-order valence-corrected chi connectivity index (χ1v) is 5.72. The Bertz CT molecular complexity index is 501. The Hall–Kier alpha value is -1.90. The fourth-order valence-electron chi connectivity index (χ4n) is 2.18. The Balaban J connectivity index is 2.51. The van der Waals surface area contributed by atoms with Crippen molar-refractivity contribution in [2.45, 2.75) is 20.3 Å². The molecule has 0 spiro atoms. The van der Waals surface area contributed by atoms with Gasteiger partial charge in [0.1, 0.15) is 0 Å². The van der Waals surface area contributed by atoms with E-state index in [1.807, 2.05) is 18.2 Å². The van der Waals surface area contributed by atoms with E-state index < -0.39 is 0 Å². The second kappa shape index (κ2) is 4.53. The lowest BCUT2D eigenvalue weighted by Crippen LogP contribution is -2.17. The highest BCUT2D eigenvalue weighted by atomic mass is 16.1. The lowest BCUT2D eigenvalue weighted by Gasteiger charge is -2.09. The summed E-state index contributed by atoms with van der Waals surface area (Å²) in [7, 11) is 0. The first-order chi connectivity index (χ1) is 8.15. The Labute approximate surface area is 101 Å². The van der Waals surface area contributed by atoms with Crippen LogP contribution in [-0.2, 0) is 4.79 Å². The first kappa shape index (κ1) is 11.6. The summed E-state index contributed by atoms with van der Waals surface area (Å²) in [5.74, 6) is 0.357. The number of ketones is 1. The van der Waals surface area contributed by atoms with Crippen LogP contribution in [-0.4, -0.2) is 12.2 Å². The van der Waals surface area contributed by atoms with Crippen molar-refractivity contribution in [2.75, 3.05) is 0 Å². The summed E-state index contributed by atoms with van der Waals surface area (Å²) in [5, 5.41) is 2.55. The second-order valence-electron chi connectivity index (χ2n) is 4.59. The molecule has 1 amide bonds. The smallest absolute Gasteiger partial charge is 0.211 e. The molecular formula is C14H15NO2. The number of Topliss-reactive ketones (excluding diaryl/α,β-unsaturated/α-hetero) is 1. The van der Waals surface area contributed by atoms with Gasteiger partial charge in [0.15, 0.2) is 0 Å². The number of allylic oxidation sites excluding steroid dienone is 2. The summed E-state index contributed by atoms with van der Waals surface area (Å²) in [6, 6.07) is 7.49. The Morgan fingerprint density at radius 2 is 1.88 bits per heavy atom. The number of carbonyl (C=O) groups is 2. The molecule has 0 fully saturated rings. The van der Waals surface area contributed by atoms with Gasteiger partial charge in [0.05, 0.1) is 5.70 Å². The predicted molar refractivity (Wildman–Crippen MR) is 66.3 cm³/mol. The van der Waals surface area contributed by atoms with Crippen molar-refractivity contribution < 1.29 is 9.59 Å². The summed E-state index contributed by atoms with van der Waals surface area (Å²) >= 11 is 0. The Morgan fingerprint density at radius 1 is 1.24 bits per heavy atom. The molecule has 0 saturated heterocycles. The highest BCUT2D eigenvalue weighted by Crippen LogP contribution is 2.35. The van der Waals surface area contributed by atoms with E-state index in [-0.39, 0.29) is 5.78 Å². The highest BCUT2D eigenvalue weighted by molar-refractivity contribution is 6.21. The summed E-state index contributed by atoms with van der Waals surface area (Å²) < 4.78 is 0. The third-order valence-electron chi connectivity index (χ3n) is 2.84. The molecule has 1 aliphatic rings. The minimum Gasteiger partial charge on any atom is -0.325 e. The van der Waals surface area contributed by atoms with Gasteiger partial charge in [-0.05, 0) is 23.5 Å². The summed E-state index contributed by atoms with van der Waals surface area (Å²) in [4.78, 5) is 22.7. The molecule has 1 aromatic rings. The number of benzene rings is 1. The van der Waals surface area contributed by atoms with Gasteiger partial charge in [-0.3, -0.25) is 9.59 Å². The van der Waals surface area contributed by atoms with Gasteiger partial charge in [-0.25, -0.2) is 0 Å². The third kappa shape index (κ3) is 2.00. The fourth-order valence-corrected chi connectivity index (χ4v) is 2.18. The first-order valence-electron chi connectivity index (χ1n) is 5.72. The van der Waals surface area contributed by atoms with Gasteiger partial charge in [-0.2, -0.15) is 0 Å². The van der Waals surface area contributed by atoms with Crippen molar-refractivity contribution in [3.8, 4) is 0 Å². The van der Waals surface area contributed by atoms with E-state index in [0.29, 0.717) is 23.6 Å². The largest absolute Gasteiger partial charge is 0.325 e. The molecule has 1 aromatic carbocycles. The number of hydrogen-bond donors (Lipinski definition) is 1. The molecule has 0 bridgehead atoms. The van der Waals surface area contributed by atoms with Gasteiger partial charge >= 0.3 is 0 Å². The van der Waals surface area contributed by atoms with Crippen LogP contribution in [0.5, 0.6) is 0 Å². The quantitative estimate of drug-likeness (QED) is 0.806. The third-order valence-corrected chi connectivity index (χ3v) is 2.84. The number of carbonyl (C=O) groups excluding carboxylic acids is 2. The van der Waals surface area contributed by atoms with Crippen LogP contribution >= 0.6 is 0 Å². The molecule has 88 valence electrons. The van der Waals surface area contributed by atoms with Gasteiger partial charge < -0.3 is 5.32 Å². The van der Waals surface area contributed by atoms with E-state index in [1.54, 1.807) is 6.07 Å². The van der Waals surface area contributed by atoms with Gasteiger partial charge in [0, 0.05) is 5.56 Å². The summed E-state index contributed by atoms with van der Waals surface area (Å²) in [5.41, 5.74) is 3.03. The maximum Gasteiger partial charge on any atom is 0.211 e. The number of nitrogens with one attached hydrogen (secondary N) is 1. The monoisotopic (exact) mass is 229 g/mol. The van der Waals surface area contributed by atoms with E-state index in [2.05, 4.69) is 19.2 Å². The SMILES string of the molecule is CC(C)CC1=C(NC=O)C(=O)c2ccccc21. The molecule has 0 aromatic heterocycles. The Morgan fingerprint density at radius 3 is 2.47 bits per heavy atom. The minimum absolute atomic E-state index is 0.0802. The van der Waals surface area contributed by atoms with Crippen LogP contribution < -0.4 is 5.32 Å². The predicted octanol–water partition coefficient (Wildman–Crippen LogP) is 2.39. The normalized spacial score (nSPS) is 14.2. The van der Waals surface area contributed by atoms with E-state index in [9.17, 15) is 9.59 Å². The zero-order valence-corrected chi connectivity index (χ0v) is 9.99. The van der Waals surface area contributed by atoms with Gasteiger partial charge in [-0.15, -0.1) is 0 Å². The lowest BCUT2D eigenvalue weighted by molar-refractivity contribution is -0.108. The average Bonchev–Trinajstić information content (AvgIpc) is 2.55. The van der Waals surface area contributed by atoms with Crippen LogP contribution in [0, 0.1) is 5.92 Å². The number of fused-ring (bicyclic) bond motifs is 1. The van der Waals surface area contributed by atoms with Crippen LogP contribution in [0.2, 0.25) is 0 Å². The van der Waals surface area contributed by atoms with Crippen molar-refractivity contribution in [1.29, 1.82) is 0 Å². The molecule has 1 N–H and O–H groups in total. The van der Waals surface area contributed by atoms with Crippen LogP contribution in [0.25, 0.3) is 5.57 Å². The van der Waals surface area contributed by atoms with E-state index >= 15 is 0 Å². The molecular weight excluding hydrogens is 214 g/mol. The molecule has 3 heteroatoms. The van der Waals surface area contributed by atoms with Gasteiger partial charge in [0.25, 0.3) is 0 Å². The van der Waals surface area contributed by atoms with Gasteiger partial charge in [-0.1, -0.05) is 38.1 Å². The molecule has 1 aliphatic carbocycles. The van der Waals surface area contributed by atoms with Crippen LogP contribution in [0.4, 0.5) is 0 Å². The molecule has 0 heterocycles. The zero-order valence-electron chi connectivity index (χ0n) is 9.99. The second-order valence-corrected chi connectivity index (χ2v) is 4.59. The topological polar surface area (TPSA) is 46.2 Å². The number of hydrogen-bond acceptors (Lipinski definition) is 2. The van der Waals surface area contributed by atoms with Crippen molar-refractivity contribution in [1.82, 2.24) is 5.32 Å². The molecule has 0 saturated carbocycles. The average molecular weight is 229 g/mol. The molecule has 0 aliphatic heterocycles. The van der Waals surface area contributed by atoms with Crippen molar-refractivity contribution >= 4 is 17.8 Å².